The van der Waals surface area contributed by atoms with E-state index in [1.807, 2.05) is 60.7 Å². The fraction of sp³-hybridized carbons (Fsp3) is 0.286. The van der Waals surface area contributed by atoms with Gasteiger partial charge in [-0.25, -0.2) is 0 Å². The zero-order chi connectivity index (χ0) is 24.7. The number of rotatable bonds is 8. The second-order valence-electron chi connectivity index (χ2n) is 8.67. The first-order valence-corrected chi connectivity index (χ1v) is 12.1. The van der Waals surface area contributed by atoms with Crippen LogP contribution in [0.25, 0.3) is 11.1 Å². The lowest BCUT2D eigenvalue weighted by atomic mass is 10.0. The van der Waals surface area contributed by atoms with Gasteiger partial charge in [0.05, 0.1) is 25.3 Å². The van der Waals surface area contributed by atoms with Gasteiger partial charge >= 0.3 is 0 Å². The summed E-state index contributed by atoms with van der Waals surface area (Å²) in [5, 5.41) is 8.27. The number of likely N-dealkylation sites (tertiary alicyclic amines) is 1. The van der Waals surface area contributed by atoms with Crippen LogP contribution in [0.1, 0.15) is 47.4 Å². The van der Waals surface area contributed by atoms with Gasteiger partial charge in [-0.05, 0) is 48.3 Å². The molecule has 2 heterocycles. The van der Waals surface area contributed by atoms with Crippen LogP contribution in [0.2, 0.25) is 0 Å². The van der Waals surface area contributed by atoms with Gasteiger partial charge in [-0.15, -0.1) is 0 Å². The summed E-state index contributed by atoms with van der Waals surface area (Å²) in [5.41, 5.74) is 3.49. The van der Waals surface area contributed by atoms with Crippen molar-refractivity contribution in [2.75, 3.05) is 20.3 Å². The molecule has 0 saturated carbocycles. The molecule has 5 rings (SSSR count). The van der Waals surface area contributed by atoms with Crippen LogP contribution in [0.15, 0.2) is 88.3 Å². The molecule has 1 aliphatic heterocycles. The van der Waals surface area contributed by atoms with Crippen molar-refractivity contribution >= 4 is 11.6 Å². The molecule has 1 saturated heterocycles. The van der Waals surface area contributed by atoms with E-state index in [4.69, 9.17) is 14.1 Å². The van der Waals surface area contributed by atoms with E-state index >= 15 is 0 Å². The number of oxime groups is 1. The van der Waals surface area contributed by atoms with Crippen molar-refractivity contribution in [3.8, 4) is 11.1 Å². The zero-order valence-electron chi connectivity index (χ0n) is 20.2. The van der Waals surface area contributed by atoms with Gasteiger partial charge in [0.1, 0.15) is 18.9 Å². The van der Waals surface area contributed by atoms with E-state index in [0.717, 1.165) is 35.4 Å². The highest BCUT2D eigenvalue weighted by molar-refractivity contribution is 6.00. The van der Waals surface area contributed by atoms with Gasteiger partial charge in [0.25, 0.3) is 5.91 Å². The summed E-state index contributed by atoms with van der Waals surface area (Å²) >= 11 is 0. The number of hydrogen-bond acceptors (Lipinski definition) is 7. The van der Waals surface area contributed by atoms with Gasteiger partial charge in [-0.2, -0.15) is 4.98 Å². The Kier molecular flexibility index (Phi) is 7.21. The monoisotopic (exact) mass is 484 g/mol. The Bertz CT molecular complexity index is 1280. The van der Waals surface area contributed by atoms with Gasteiger partial charge < -0.3 is 19.0 Å². The van der Waals surface area contributed by atoms with Gasteiger partial charge in [0.15, 0.2) is 5.82 Å². The number of ether oxygens (including phenoxy) is 1. The third-order valence-electron chi connectivity index (χ3n) is 6.21. The molecule has 184 valence electrons. The summed E-state index contributed by atoms with van der Waals surface area (Å²) in [6, 6.07) is 17.3. The summed E-state index contributed by atoms with van der Waals surface area (Å²) in [6.45, 7) is 0.778. The lowest BCUT2D eigenvalue weighted by molar-refractivity contribution is 0.0732. The maximum Gasteiger partial charge on any atom is 0.254 e. The molecule has 0 radical (unpaired) electrons. The van der Waals surface area contributed by atoms with Crippen molar-refractivity contribution in [3.05, 3.63) is 95.9 Å². The Morgan fingerprint density at radius 3 is 2.67 bits per heavy atom. The smallest absolute Gasteiger partial charge is 0.254 e. The van der Waals surface area contributed by atoms with Crippen molar-refractivity contribution in [3.63, 3.8) is 0 Å². The number of amides is 1. The molecule has 8 heteroatoms. The van der Waals surface area contributed by atoms with Gasteiger partial charge in [0.2, 0.25) is 5.89 Å². The predicted octanol–water partition coefficient (Wildman–Crippen LogP) is 5.12. The van der Waals surface area contributed by atoms with Crippen molar-refractivity contribution in [2.24, 2.45) is 5.16 Å². The lowest BCUT2D eigenvalue weighted by Gasteiger charge is -2.21. The first-order valence-electron chi connectivity index (χ1n) is 12.1. The minimum Gasteiger partial charge on any atom is -0.493 e. The van der Waals surface area contributed by atoms with Crippen LogP contribution < -0.4 is 0 Å². The summed E-state index contributed by atoms with van der Waals surface area (Å²) in [6.07, 6.45) is 9.15. The molecule has 8 nitrogen and oxygen atoms in total. The maximum absolute atomic E-state index is 13.5. The summed E-state index contributed by atoms with van der Waals surface area (Å²) < 4.78 is 11.2. The van der Waals surface area contributed by atoms with Crippen LogP contribution in [0.4, 0.5) is 0 Å². The largest absolute Gasteiger partial charge is 0.493 e. The number of carbonyl (C=O) groups excluding carboxylic acids is 1. The van der Waals surface area contributed by atoms with Crippen LogP contribution in [0, 0.1) is 0 Å². The summed E-state index contributed by atoms with van der Waals surface area (Å²) in [5.74, 6) is 1.68. The molecule has 1 fully saturated rings. The van der Waals surface area contributed by atoms with Crippen LogP contribution in [-0.2, 0) is 16.0 Å². The molecule has 0 N–H and O–H groups in total. The lowest BCUT2D eigenvalue weighted by Crippen LogP contribution is -2.31. The van der Waals surface area contributed by atoms with Crippen molar-refractivity contribution in [1.29, 1.82) is 0 Å². The molecule has 2 aliphatic rings. The van der Waals surface area contributed by atoms with E-state index in [1.165, 1.54) is 7.11 Å². The second-order valence-corrected chi connectivity index (χ2v) is 8.67. The SMILES string of the molecule is CO/N=C1/C[C@@H](c2noc(CCOC3=CCCC=C3)n2)N(C(=O)c2ccc(-c3ccccc3)cc2)C1. The standard InChI is InChI=1S/C28H28N4O4/c1-34-30-23-18-25(27-29-26(36-31-27)16-17-35-24-10-6-3-7-11-24)32(19-23)28(33)22-14-12-21(13-15-22)20-8-4-2-5-9-20/h2,4-6,8-15,25H,3,7,16-19H2,1H3/b30-23-/t25-/m0/s1. The maximum atomic E-state index is 13.5. The Morgan fingerprint density at radius 1 is 1.11 bits per heavy atom. The third kappa shape index (κ3) is 5.38. The Balaban J connectivity index is 1.29. The van der Waals surface area contributed by atoms with Crippen LogP contribution >= 0.6 is 0 Å². The fourth-order valence-corrected chi connectivity index (χ4v) is 4.40. The average Bonchev–Trinajstić information content (AvgIpc) is 3.57. The highest BCUT2D eigenvalue weighted by Gasteiger charge is 2.38. The number of carbonyl (C=O) groups is 1. The van der Waals surface area contributed by atoms with Crippen molar-refractivity contribution in [2.45, 2.75) is 31.7 Å². The molecule has 0 unspecified atom stereocenters. The first-order chi connectivity index (χ1) is 17.7. The van der Waals surface area contributed by atoms with Crippen LogP contribution in [0.5, 0.6) is 0 Å². The Morgan fingerprint density at radius 2 is 1.92 bits per heavy atom. The first kappa shape index (κ1) is 23.5. The zero-order valence-corrected chi connectivity index (χ0v) is 20.2. The van der Waals surface area contributed by atoms with Crippen LogP contribution in [0.3, 0.4) is 0 Å². The highest BCUT2D eigenvalue weighted by Crippen LogP contribution is 2.31. The van der Waals surface area contributed by atoms with E-state index in [-0.39, 0.29) is 11.9 Å². The molecular formula is C28H28N4O4. The summed E-state index contributed by atoms with van der Waals surface area (Å²) in [7, 11) is 1.50. The summed E-state index contributed by atoms with van der Waals surface area (Å²) in [4.78, 5) is 24.8. The van der Waals surface area contributed by atoms with E-state index in [1.54, 1.807) is 4.90 Å². The second kappa shape index (κ2) is 11.0. The predicted molar refractivity (Wildman–Crippen MR) is 135 cm³/mol. The van der Waals surface area contributed by atoms with Gasteiger partial charge in [-0.1, -0.05) is 58.9 Å². The third-order valence-corrected chi connectivity index (χ3v) is 6.21. The van der Waals surface area contributed by atoms with Gasteiger partial charge in [-0.3, -0.25) is 4.79 Å². The molecule has 0 spiro atoms. The number of nitrogens with zero attached hydrogens (tertiary/aromatic N) is 4. The van der Waals surface area contributed by atoms with E-state index in [0.29, 0.717) is 43.3 Å². The van der Waals surface area contributed by atoms with E-state index < -0.39 is 0 Å². The normalized spacial score (nSPS) is 18.4. The molecule has 1 amide bonds. The minimum absolute atomic E-state index is 0.119. The Hall–Kier alpha value is -4.20. The molecular weight excluding hydrogens is 456 g/mol. The molecule has 1 atom stereocenters. The topological polar surface area (TPSA) is 90.1 Å². The molecule has 3 aromatic rings. The van der Waals surface area contributed by atoms with Crippen LogP contribution in [-0.4, -0.2) is 46.9 Å². The van der Waals surface area contributed by atoms with Gasteiger partial charge in [0, 0.05) is 12.0 Å². The fourth-order valence-electron chi connectivity index (χ4n) is 4.40. The van der Waals surface area contributed by atoms with Crippen molar-refractivity contribution in [1.82, 2.24) is 15.0 Å². The molecule has 36 heavy (non-hydrogen) atoms. The van der Waals surface area contributed by atoms with E-state index in [9.17, 15) is 4.79 Å². The van der Waals surface area contributed by atoms with E-state index in [2.05, 4.69) is 27.4 Å². The average molecular weight is 485 g/mol. The molecule has 1 aromatic heterocycles. The molecule has 1 aliphatic carbocycles. The number of hydrogen-bond donors (Lipinski definition) is 0. The molecule has 0 bridgehead atoms. The molecule has 2 aromatic carbocycles. The number of allylic oxidation sites excluding steroid dienone is 3. The van der Waals surface area contributed by atoms with Crippen molar-refractivity contribution < 1.29 is 18.9 Å². The number of aromatic nitrogens is 2. The quantitative estimate of drug-likeness (QED) is 0.412. The number of benzene rings is 2. The highest BCUT2D eigenvalue weighted by atomic mass is 16.6. The Labute approximate surface area is 209 Å². The minimum atomic E-state index is -0.386.